The van der Waals surface area contributed by atoms with Crippen molar-refractivity contribution in [2.75, 3.05) is 18.0 Å². The van der Waals surface area contributed by atoms with Crippen molar-refractivity contribution in [3.8, 4) is 6.07 Å². The van der Waals surface area contributed by atoms with Crippen molar-refractivity contribution in [3.05, 3.63) is 18.1 Å². The number of hydrogen-bond donors (Lipinski definition) is 1. The molecule has 0 unspecified atom stereocenters. The molecule has 0 spiro atoms. The molecular formula is C10H13N5. The normalized spacial score (nSPS) is 21.1. The molecule has 2 rings (SSSR count). The first-order chi connectivity index (χ1) is 7.31. The van der Waals surface area contributed by atoms with Gasteiger partial charge < -0.3 is 10.6 Å². The van der Waals surface area contributed by atoms with Crippen molar-refractivity contribution >= 4 is 5.82 Å². The summed E-state index contributed by atoms with van der Waals surface area (Å²) in [7, 11) is 0. The molecule has 0 aliphatic carbocycles. The highest BCUT2D eigenvalue weighted by molar-refractivity contribution is 5.49. The zero-order valence-corrected chi connectivity index (χ0v) is 8.43. The van der Waals surface area contributed by atoms with E-state index in [0.717, 1.165) is 25.9 Å². The molecular weight excluding hydrogens is 190 g/mol. The van der Waals surface area contributed by atoms with E-state index in [4.69, 9.17) is 11.0 Å². The van der Waals surface area contributed by atoms with Gasteiger partial charge in [0.2, 0.25) is 0 Å². The number of anilines is 1. The highest BCUT2D eigenvalue weighted by Crippen LogP contribution is 2.18. The topological polar surface area (TPSA) is 78.8 Å². The van der Waals surface area contributed by atoms with Gasteiger partial charge in [0.15, 0.2) is 11.5 Å². The second kappa shape index (κ2) is 4.24. The van der Waals surface area contributed by atoms with Gasteiger partial charge in [-0.05, 0) is 12.8 Å². The molecule has 0 bridgehead atoms. The average Bonchev–Trinajstić information content (AvgIpc) is 2.29. The van der Waals surface area contributed by atoms with Crippen molar-refractivity contribution in [2.24, 2.45) is 5.73 Å². The van der Waals surface area contributed by atoms with E-state index in [1.54, 1.807) is 6.20 Å². The molecule has 0 amide bonds. The van der Waals surface area contributed by atoms with E-state index in [0.29, 0.717) is 11.5 Å². The molecule has 2 heterocycles. The summed E-state index contributed by atoms with van der Waals surface area (Å²) in [5.74, 6) is 0.662. The summed E-state index contributed by atoms with van der Waals surface area (Å²) in [5.41, 5.74) is 6.26. The Balaban J connectivity index is 2.25. The third-order valence-corrected chi connectivity index (χ3v) is 2.54. The summed E-state index contributed by atoms with van der Waals surface area (Å²) in [6, 6.07) is 2.23. The second-order valence-electron chi connectivity index (χ2n) is 3.69. The minimum atomic E-state index is 0.173. The van der Waals surface area contributed by atoms with E-state index in [1.807, 2.05) is 4.90 Å². The summed E-state index contributed by atoms with van der Waals surface area (Å²) in [6.45, 7) is 1.66. The minimum absolute atomic E-state index is 0.173. The third kappa shape index (κ3) is 2.05. The molecule has 15 heavy (non-hydrogen) atoms. The maximum Gasteiger partial charge on any atom is 0.183 e. The highest BCUT2D eigenvalue weighted by Gasteiger charge is 2.20. The lowest BCUT2D eigenvalue weighted by Crippen LogP contribution is -2.43. The fraction of sp³-hybridized carbons (Fsp3) is 0.500. The fourth-order valence-electron chi connectivity index (χ4n) is 1.84. The molecule has 78 valence electrons. The Hall–Kier alpha value is -1.67. The Morgan fingerprint density at radius 1 is 1.47 bits per heavy atom. The Labute approximate surface area is 88.5 Å². The Morgan fingerprint density at radius 2 is 2.27 bits per heavy atom. The lowest BCUT2D eigenvalue weighted by atomic mass is 10.1. The van der Waals surface area contributed by atoms with Gasteiger partial charge >= 0.3 is 0 Å². The third-order valence-electron chi connectivity index (χ3n) is 2.54. The Bertz CT molecular complexity index is 384. The van der Waals surface area contributed by atoms with Gasteiger partial charge in [0.25, 0.3) is 0 Å². The van der Waals surface area contributed by atoms with Gasteiger partial charge in [0.05, 0.1) is 0 Å². The predicted molar refractivity (Wildman–Crippen MR) is 56.2 cm³/mol. The van der Waals surface area contributed by atoms with Crippen molar-refractivity contribution in [1.29, 1.82) is 5.26 Å². The highest BCUT2D eigenvalue weighted by atomic mass is 15.2. The van der Waals surface area contributed by atoms with Crippen LogP contribution in [0.15, 0.2) is 12.4 Å². The van der Waals surface area contributed by atoms with Crippen LogP contribution in [0.5, 0.6) is 0 Å². The summed E-state index contributed by atoms with van der Waals surface area (Å²) in [4.78, 5) is 10.2. The smallest absolute Gasteiger partial charge is 0.183 e. The Morgan fingerprint density at radius 3 is 3.00 bits per heavy atom. The number of hydrogen-bond acceptors (Lipinski definition) is 5. The largest absolute Gasteiger partial charge is 0.353 e. The summed E-state index contributed by atoms with van der Waals surface area (Å²) in [5, 5.41) is 8.90. The van der Waals surface area contributed by atoms with Crippen LogP contribution in [0.3, 0.4) is 0 Å². The summed E-state index contributed by atoms with van der Waals surface area (Å²) in [6.07, 6.45) is 5.23. The van der Waals surface area contributed by atoms with Crippen LogP contribution >= 0.6 is 0 Å². The van der Waals surface area contributed by atoms with E-state index in [1.165, 1.54) is 6.20 Å². The van der Waals surface area contributed by atoms with E-state index >= 15 is 0 Å². The molecule has 5 heteroatoms. The standard InChI is InChI=1S/C10H13N5/c11-6-9-10(14-4-3-13-9)15-5-1-2-8(12)7-15/h3-4,8H,1-2,5,7,12H2/t8-/m1/s1. The lowest BCUT2D eigenvalue weighted by molar-refractivity contribution is 0.502. The summed E-state index contributed by atoms with van der Waals surface area (Å²) >= 11 is 0. The van der Waals surface area contributed by atoms with Crippen LogP contribution < -0.4 is 10.6 Å². The second-order valence-corrected chi connectivity index (χ2v) is 3.69. The van der Waals surface area contributed by atoms with Crippen LogP contribution in [0.2, 0.25) is 0 Å². The van der Waals surface area contributed by atoms with Gasteiger partial charge in [-0.25, -0.2) is 9.97 Å². The van der Waals surface area contributed by atoms with Crippen LogP contribution in [0, 0.1) is 11.3 Å². The quantitative estimate of drug-likeness (QED) is 0.709. The molecule has 5 nitrogen and oxygen atoms in total. The molecule has 0 radical (unpaired) electrons. The number of aromatic nitrogens is 2. The summed E-state index contributed by atoms with van der Waals surface area (Å²) < 4.78 is 0. The van der Waals surface area contributed by atoms with Crippen LogP contribution in [0.4, 0.5) is 5.82 Å². The number of piperidine rings is 1. The SMILES string of the molecule is N#Cc1nccnc1N1CCC[C@@H](N)C1. The van der Waals surface area contributed by atoms with E-state index in [-0.39, 0.29) is 6.04 Å². The molecule has 1 aliphatic rings. The van der Waals surface area contributed by atoms with Crippen LogP contribution in [0.25, 0.3) is 0 Å². The van der Waals surface area contributed by atoms with Gasteiger partial charge in [-0.1, -0.05) is 0 Å². The fourth-order valence-corrected chi connectivity index (χ4v) is 1.84. The van der Waals surface area contributed by atoms with Crippen molar-refractivity contribution in [1.82, 2.24) is 9.97 Å². The molecule has 1 aliphatic heterocycles. The van der Waals surface area contributed by atoms with Crippen molar-refractivity contribution in [2.45, 2.75) is 18.9 Å². The maximum absolute atomic E-state index is 8.90. The first-order valence-corrected chi connectivity index (χ1v) is 5.03. The number of nitrogens with zero attached hydrogens (tertiary/aromatic N) is 4. The minimum Gasteiger partial charge on any atom is -0.353 e. The zero-order valence-electron chi connectivity index (χ0n) is 8.43. The van der Waals surface area contributed by atoms with Crippen LogP contribution in [0.1, 0.15) is 18.5 Å². The molecule has 1 atom stereocenters. The first-order valence-electron chi connectivity index (χ1n) is 5.03. The van der Waals surface area contributed by atoms with E-state index in [9.17, 15) is 0 Å². The lowest BCUT2D eigenvalue weighted by Gasteiger charge is -2.31. The molecule has 0 aromatic carbocycles. The monoisotopic (exact) mass is 203 g/mol. The van der Waals surface area contributed by atoms with Gasteiger partial charge in [0.1, 0.15) is 6.07 Å². The Kier molecular flexibility index (Phi) is 2.79. The number of nitrogens with two attached hydrogens (primary N) is 1. The van der Waals surface area contributed by atoms with Crippen molar-refractivity contribution in [3.63, 3.8) is 0 Å². The van der Waals surface area contributed by atoms with E-state index < -0.39 is 0 Å². The predicted octanol–water partition coefficient (Wildman–Crippen LogP) is 0.276. The first kappa shape index (κ1) is 9.87. The zero-order chi connectivity index (χ0) is 10.7. The van der Waals surface area contributed by atoms with Gasteiger partial charge in [0, 0.05) is 31.5 Å². The van der Waals surface area contributed by atoms with Crippen LogP contribution in [-0.4, -0.2) is 29.1 Å². The van der Waals surface area contributed by atoms with Gasteiger partial charge in [-0.15, -0.1) is 0 Å². The molecule has 1 saturated heterocycles. The molecule has 2 N–H and O–H groups in total. The number of rotatable bonds is 1. The number of nitriles is 1. The van der Waals surface area contributed by atoms with Crippen molar-refractivity contribution < 1.29 is 0 Å². The molecule has 1 fully saturated rings. The maximum atomic E-state index is 8.90. The van der Waals surface area contributed by atoms with Gasteiger partial charge in [-0.3, -0.25) is 0 Å². The van der Waals surface area contributed by atoms with Gasteiger partial charge in [-0.2, -0.15) is 5.26 Å². The molecule has 1 aromatic rings. The average molecular weight is 203 g/mol. The van der Waals surface area contributed by atoms with Crippen LogP contribution in [-0.2, 0) is 0 Å². The molecule has 0 saturated carbocycles. The molecule has 1 aromatic heterocycles. The van der Waals surface area contributed by atoms with E-state index in [2.05, 4.69) is 16.0 Å².